The van der Waals surface area contributed by atoms with E-state index in [4.69, 9.17) is 4.74 Å². The van der Waals surface area contributed by atoms with Crippen molar-refractivity contribution in [2.45, 2.75) is 65.0 Å². The molecule has 0 spiro atoms. The Balaban J connectivity index is 1.66. The first-order valence-corrected chi connectivity index (χ1v) is 17.1. The molecule has 0 aliphatic carbocycles. The van der Waals surface area contributed by atoms with Crippen LogP contribution in [0.4, 0.5) is 4.79 Å². The normalized spacial score (nSPS) is 13.2. The fourth-order valence-electron chi connectivity index (χ4n) is 5.43. The van der Waals surface area contributed by atoms with Gasteiger partial charge in [0.25, 0.3) is 0 Å². The zero-order valence-corrected chi connectivity index (χ0v) is 27.9. The van der Waals surface area contributed by atoms with E-state index in [1.165, 1.54) is 0 Å². The van der Waals surface area contributed by atoms with E-state index < -0.39 is 27.8 Å². The SMILES string of the molecule is Cc1ccc(CC(CNS(=O)(=O)Cc2ccccc2)n2c(=NC(=O)OC(C)(C)C)n(Cc3ccc(C)cc3)c3ccccc32)cc1. The van der Waals surface area contributed by atoms with Crippen LogP contribution in [-0.2, 0) is 33.5 Å². The van der Waals surface area contributed by atoms with Crippen molar-refractivity contribution in [2.75, 3.05) is 6.54 Å². The summed E-state index contributed by atoms with van der Waals surface area (Å²) in [6.45, 7) is 10.0. The predicted octanol–water partition coefficient (Wildman–Crippen LogP) is 6.85. The molecule has 9 heteroatoms. The van der Waals surface area contributed by atoms with Gasteiger partial charge in [0.05, 0.1) is 29.4 Å². The average molecular weight is 639 g/mol. The summed E-state index contributed by atoms with van der Waals surface area (Å²) in [5.41, 5.74) is 6.39. The van der Waals surface area contributed by atoms with Crippen molar-refractivity contribution in [3.05, 3.63) is 137 Å². The number of para-hydroxylation sites is 2. The molecule has 240 valence electrons. The van der Waals surface area contributed by atoms with Crippen LogP contribution in [0.25, 0.3) is 11.0 Å². The first kappa shape index (κ1) is 32.9. The molecule has 5 rings (SSSR count). The molecular formula is C37H42N4O4S. The average Bonchev–Trinajstić information content (AvgIpc) is 3.29. The third-order valence-electron chi connectivity index (χ3n) is 7.63. The van der Waals surface area contributed by atoms with Gasteiger partial charge >= 0.3 is 6.09 Å². The number of aromatic nitrogens is 2. The van der Waals surface area contributed by atoms with Gasteiger partial charge in [-0.2, -0.15) is 0 Å². The summed E-state index contributed by atoms with van der Waals surface area (Å²) >= 11 is 0. The molecule has 1 unspecified atom stereocenters. The molecule has 1 aromatic heterocycles. The predicted molar refractivity (Wildman–Crippen MR) is 183 cm³/mol. The number of amides is 1. The Bertz CT molecular complexity index is 1970. The smallest absolute Gasteiger partial charge is 0.437 e. The van der Waals surface area contributed by atoms with Crippen molar-refractivity contribution in [2.24, 2.45) is 4.99 Å². The monoisotopic (exact) mass is 638 g/mol. The molecular weight excluding hydrogens is 596 g/mol. The number of nitrogens with zero attached hydrogens (tertiary/aromatic N) is 3. The third kappa shape index (κ3) is 8.62. The Labute approximate surface area is 271 Å². The molecule has 0 bridgehead atoms. The fourth-order valence-corrected chi connectivity index (χ4v) is 6.61. The van der Waals surface area contributed by atoms with Crippen LogP contribution in [0.2, 0.25) is 0 Å². The Kier molecular flexibility index (Phi) is 9.94. The van der Waals surface area contributed by atoms with Crippen LogP contribution < -0.4 is 10.3 Å². The van der Waals surface area contributed by atoms with Crippen molar-refractivity contribution in [1.29, 1.82) is 0 Å². The highest BCUT2D eigenvalue weighted by atomic mass is 32.2. The lowest BCUT2D eigenvalue weighted by atomic mass is 10.0. The highest BCUT2D eigenvalue weighted by Gasteiger charge is 2.24. The summed E-state index contributed by atoms with van der Waals surface area (Å²) in [6.07, 6.45) is -0.221. The molecule has 5 aromatic rings. The van der Waals surface area contributed by atoms with Gasteiger partial charge in [-0.3, -0.25) is 0 Å². The van der Waals surface area contributed by atoms with E-state index in [2.05, 4.69) is 46.1 Å². The molecule has 46 heavy (non-hydrogen) atoms. The molecule has 0 saturated carbocycles. The van der Waals surface area contributed by atoms with Crippen LogP contribution in [-0.4, -0.2) is 35.8 Å². The first-order valence-electron chi connectivity index (χ1n) is 15.5. The maximum absolute atomic E-state index is 13.4. The van der Waals surface area contributed by atoms with Crippen molar-refractivity contribution in [3.63, 3.8) is 0 Å². The van der Waals surface area contributed by atoms with Crippen LogP contribution in [0.3, 0.4) is 0 Å². The molecule has 0 radical (unpaired) electrons. The van der Waals surface area contributed by atoms with Crippen molar-refractivity contribution in [3.8, 4) is 0 Å². The largest absolute Gasteiger partial charge is 0.442 e. The lowest BCUT2D eigenvalue weighted by molar-refractivity contribution is 0.0593. The number of carbonyl (C=O) groups excluding carboxylic acids is 1. The number of aryl methyl sites for hydroxylation is 2. The number of nitrogens with one attached hydrogen (secondary N) is 1. The number of benzene rings is 4. The van der Waals surface area contributed by atoms with Gasteiger partial charge < -0.3 is 13.9 Å². The highest BCUT2D eigenvalue weighted by Crippen LogP contribution is 2.23. The number of hydrogen-bond acceptors (Lipinski definition) is 4. The van der Waals surface area contributed by atoms with E-state index in [1.54, 1.807) is 32.9 Å². The van der Waals surface area contributed by atoms with Crippen LogP contribution >= 0.6 is 0 Å². The molecule has 0 aliphatic heterocycles. The summed E-state index contributed by atoms with van der Waals surface area (Å²) < 4.78 is 39.3. The zero-order chi connectivity index (χ0) is 32.9. The van der Waals surface area contributed by atoms with E-state index in [1.807, 2.05) is 77.6 Å². The topological polar surface area (TPSA) is 94.7 Å². The lowest BCUT2D eigenvalue weighted by Crippen LogP contribution is -2.38. The summed E-state index contributed by atoms with van der Waals surface area (Å²) in [5.74, 6) is -0.139. The summed E-state index contributed by atoms with van der Waals surface area (Å²) in [5, 5.41) is 0. The van der Waals surface area contributed by atoms with Crippen molar-refractivity contribution < 1.29 is 17.9 Å². The van der Waals surface area contributed by atoms with E-state index in [9.17, 15) is 13.2 Å². The number of carbonyl (C=O) groups is 1. The molecule has 8 nitrogen and oxygen atoms in total. The minimum Gasteiger partial charge on any atom is -0.442 e. The second-order valence-electron chi connectivity index (χ2n) is 12.8. The third-order valence-corrected chi connectivity index (χ3v) is 8.95. The Morgan fingerprint density at radius 2 is 1.35 bits per heavy atom. The Morgan fingerprint density at radius 3 is 1.96 bits per heavy atom. The molecule has 0 aliphatic rings. The van der Waals surface area contributed by atoms with Gasteiger partial charge in [0.1, 0.15) is 5.60 Å². The zero-order valence-electron chi connectivity index (χ0n) is 27.1. The molecule has 1 amide bonds. The summed E-state index contributed by atoms with van der Waals surface area (Å²) in [6, 6.07) is 33.0. The fraction of sp³-hybridized carbons (Fsp3) is 0.297. The van der Waals surface area contributed by atoms with Crippen LogP contribution in [0, 0.1) is 13.8 Å². The number of imidazole rings is 1. The van der Waals surface area contributed by atoms with Gasteiger partial charge in [0, 0.05) is 6.54 Å². The molecule has 1 atom stereocenters. The molecule has 4 aromatic carbocycles. The van der Waals surface area contributed by atoms with Crippen LogP contribution in [0.15, 0.2) is 108 Å². The minimum atomic E-state index is -3.69. The maximum Gasteiger partial charge on any atom is 0.437 e. The van der Waals surface area contributed by atoms with Gasteiger partial charge in [0.2, 0.25) is 15.6 Å². The number of sulfonamides is 1. The standard InChI is InChI=1S/C37H42N4O4S/c1-27-15-19-29(20-16-27)23-32(24-38-46(43,44)26-31-11-7-6-8-12-31)41-34-14-10-9-13-33(34)40(25-30-21-17-28(2)18-22-30)35(41)39-36(42)45-37(3,4)5/h6-22,32,38H,23-26H2,1-5H3. The van der Waals surface area contributed by atoms with Crippen LogP contribution in [0.1, 0.15) is 54.6 Å². The highest BCUT2D eigenvalue weighted by molar-refractivity contribution is 7.88. The first-order chi connectivity index (χ1) is 21.9. The second-order valence-corrected chi connectivity index (χ2v) is 14.6. The van der Waals surface area contributed by atoms with E-state index >= 15 is 0 Å². The summed E-state index contributed by atoms with van der Waals surface area (Å²) in [7, 11) is -3.69. The number of ether oxygens (including phenoxy) is 1. The molecule has 1 N–H and O–H groups in total. The Hall–Kier alpha value is -4.47. The van der Waals surface area contributed by atoms with Gasteiger partial charge in [-0.1, -0.05) is 102 Å². The molecule has 1 heterocycles. The van der Waals surface area contributed by atoms with E-state index in [0.29, 0.717) is 24.1 Å². The second kappa shape index (κ2) is 13.9. The van der Waals surface area contributed by atoms with Gasteiger partial charge in [-0.15, -0.1) is 4.99 Å². The van der Waals surface area contributed by atoms with Crippen LogP contribution in [0.5, 0.6) is 0 Å². The minimum absolute atomic E-state index is 0.0864. The Morgan fingerprint density at radius 1 is 0.783 bits per heavy atom. The van der Waals surface area contributed by atoms with E-state index in [0.717, 1.165) is 33.3 Å². The lowest BCUT2D eigenvalue weighted by Gasteiger charge is -2.22. The van der Waals surface area contributed by atoms with E-state index in [-0.39, 0.29) is 12.3 Å². The molecule has 0 saturated heterocycles. The van der Waals surface area contributed by atoms with Gasteiger partial charge in [0.15, 0.2) is 0 Å². The number of fused-ring (bicyclic) bond motifs is 1. The quantitative estimate of drug-likeness (QED) is 0.181. The molecule has 0 fully saturated rings. The van der Waals surface area contributed by atoms with Crippen molar-refractivity contribution >= 4 is 27.1 Å². The summed E-state index contributed by atoms with van der Waals surface area (Å²) in [4.78, 5) is 17.9. The van der Waals surface area contributed by atoms with Crippen molar-refractivity contribution in [1.82, 2.24) is 13.9 Å². The number of hydrogen-bond donors (Lipinski definition) is 1. The maximum atomic E-state index is 13.4. The van der Waals surface area contributed by atoms with Gasteiger partial charge in [-0.25, -0.2) is 17.9 Å². The number of rotatable bonds is 10. The van der Waals surface area contributed by atoms with Gasteiger partial charge in [-0.05, 0) is 69.9 Å².